The maximum atomic E-state index is 11.6. The molecule has 1 N–H and O–H groups in total. The summed E-state index contributed by atoms with van der Waals surface area (Å²) < 4.78 is 5.32. The molecule has 0 aromatic heterocycles. The number of para-hydroxylation sites is 2. The first-order chi connectivity index (χ1) is 6.74. The van der Waals surface area contributed by atoms with E-state index >= 15 is 0 Å². The molecule has 2 rings (SSSR count). The number of hydrogen-bond donors (Lipinski definition) is 1. The lowest BCUT2D eigenvalue weighted by Crippen LogP contribution is -2.45. The molecule has 0 saturated heterocycles. The molecule has 1 heterocycles. The minimum atomic E-state index is -0.769. The van der Waals surface area contributed by atoms with Crippen LogP contribution in [0.5, 0.6) is 5.75 Å². The molecule has 1 aliphatic rings. The van der Waals surface area contributed by atoms with E-state index < -0.39 is 6.10 Å². The highest BCUT2D eigenvalue weighted by Crippen LogP contribution is 2.32. The SMILES string of the molecule is CN1C(=O)C(CO)Oc2ccccc21. The quantitative estimate of drug-likeness (QED) is 0.702. The van der Waals surface area contributed by atoms with Crippen molar-refractivity contribution in [1.29, 1.82) is 0 Å². The summed E-state index contributed by atoms with van der Waals surface area (Å²) in [6.07, 6.45) is -0.769. The third-order valence-electron chi connectivity index (χ3n) is 2.27. The molecule has 1 unspecified atom stereocenters. The molecule has 74 valence electrons. The molecule has 0 aliphatic carbocycles. The van der Waals surface area contributed by atoms with Crippen LogP contribution in [0.25, 0.3) is 0 Å². The van der Waals surface area contributed by atoms with E-state index in [0.717, 1.165) is 5.69 Å². The number of benzene rings is 1. The summed E-state index contributed by atoms with van der Waals surface area (Å²) in [5.74, 6) is 0.417. The molecule has 0 bridgehead atoms. The van der Waals surface area contributed by atoms with Gasteiger partial charge in [0.1, 0.15) is 5.75 Å². The zero-order valence-electron chi connectivity index (χ0n) is 7.80. The summed E-state index contributed by atoms with van der Waals surface area (Å²) in [4.78, 5) is 13.1. The minimum absolute atomic E-state index is 0.216. The standard InChI is InChI=1S/C10H11NO3/c1-11-7-4-2-3-5-8(7)14-9(6-12)10(11)13/h2-5,9,12H,6H2,1H3. The number of carbonyl (C=O) groups excluding carboxylic acids is 1. The number of aliphatic hydroxyl groups is 1. The van der Waals surface area contributed by atoms with Gasteiger partial charge in [0.2, 0.25) is 6.10 Å². The summed E-state index contributed by atoms with van der Waals surface area (Å²) in [6.45, 7) is -0.294. The van der Waals surface area contributed by atoms with Crippen molar-refractivity contribution < 1.29 is 14.6 Å². The summed E-state index contributed by atoms with van der Waals surface area (Å²) in [5, 5.41) is 8.93. The average molecular weight is 193 g/mol. The average Bonchev–Trinajstić information content (AvgIpc) is 2.23. The van der Waals surface area contributed by atoms with Crippen molar-refractivity contribution in [2.75, 3.05) is 18.6 Å². The topological polar surface area (TPSA) is 49.8 Å². The Hall–Kier alpha value is -1.55. The highest BCUT2D eigenvalue weighted by atomic mass is 16.5. The van der Waals surface area contributed by atoms with Gasteiger partial charge in [-0.1, -0.05) is 12.1 Å². The molecule has 1 atom stereocenters. The van der Waals surface area contributed by atoms with Crippen molar-refractivity contribution in [3.8, 4) is 5.75 Å². The molecule has 4 heteroatoms. The molecule has 1 aromatic carbocycles. The van der Waals surface area contributed by atoms with Crippen molar-refractivity contribution in [2.24, 2.45) is 0 Å². The fourth-order valence-electron chi connectivity index (χ4n) is 1.49. The highest BCUT2D eigenvalue weighted by molar-refractivity contribution is 5.99. The maximum Gasteiger partial charge on any atom is 0.270 e. The van der Waals surface area contributed by atoms with Crippen molar-refractivity contribution in [2.45, 2.75) is 6.10 Å². The lowest BCUT2D eigenvalue weighted by atomic mass is 10.2. The summed E-state index contributed by atoms with van der Waals surface area (Å²) in [6, 6.07) is 7.25. The van der Waals surface area contributed by atoms with Crippen molar-refractivity contribution in [3.63, 3.8) is 0 Å². The Morgan fingerprint density at radius 2 is 2.21 bits per heavy atom. The van der Waals surface area contributed by atoms with E-state index in [1.165, 1.54) is 4.90 Å². The first kappa shape index (κ1) is 9.02. The molecule has 0 spiro atoms. The third kappa shape index (κ3) is 1.24. The van der Waals surface area contributed by atoms with Gasteiger partial charge in [-0.25, -0.2) is 0 Å². The minimum Gasteiger partial charge on any atom is -0.476 e. The van der Waals surface area contributed by atoms with Crippen LogP contribution in [0.15, 0.2) is 24.3 Å². The molecule has 0 fully saturated rings. The number of carbonyl (C=O) groups is 1. The molecular weight excluding hydrogens is 182 g/mol. The van der Waals surface area contributed by atoms with Gasteiger partial charge in [0.15, 0.2) is 0 Å². The van der Waals surface area contributed by atoms with Crippen LogP contribution in [0.4, 0.5) is 5.69 Å². The zero-order chi connectivity index (χ0) is 10.1. The molecule has 1 aromatic rings. The molecule has 1 aliphatic heterocycles. The number of ether oxygens (including phenoxy) is 1. The number of aliphatic hydroxyl groups excluding tert-OH is 1. The summed E-state index contributed by atoms with van der Waals surface area (Å²) in [7, 11) is 1.67. The lowest BCUT2D eigenvalue weighted by molar-refractivity contribution is -0.127. The highest BCUT2D eigenvalue weighted by Gasteiger charge is 2.31. The van der Waals surface area contributed by atoms with Crippen LogP contribution in [0.2, 0.25) is 0 Å². The number of amides is 1. The largest absolute Gasteiger partial charge is 0.476 e. The van der Waals surface area contributed by atoms with Crippen LogP contribution in [-0.2, 0) is 4.79 Å². The van der Waals surface area contributed by atoms with Gasteiger partial charge < -0.3 is 14.7 Å². The van der Waals surface area contributed by atoms with Crippen LogP contribution in [0.3, 0.4) is 0 Å². The monoisotopic (exact) mass is 193 g/mol. The first-order valence-electron chi connectivity index (χ1n) is 4.38. The van der Waals surface area contributed by atoms with E-state index in [1.807, 2.05) is 12.1 Å². The van der Waals surface area contributed by atoms with Gasteiger partial charge in [0.25, 0.3) is 5.91 Å². The third-order valence-corrected chi connectivity index (χ3v) is 2.27. The Balaban J connectivity index is 2.42. The van der Waals surface area contributed by atoms with Crippen LogP contribution >= 0.6 is 0 Å². The Morgan fingerprint density at radius 3 is 2.93 bits per heavy atom. The van der Waals surface area contributed by atoms with E-state index in [1.54, 1.807) is 19.2 Å². The fraction of sp³-hybridized carbons (Fsp3) is 0.300. The second kappa shape index (κ2) is 3.31. The van der Waals surface area contributed by atoms with Crippen molar-refractivity contribution >= 4 is 11.6 Å². The summed E-state index contributed by atoms with van der Waals surface area (Å²) in [5.41, 5.74) is 0.738. The van der Waals surface area contributed by atoms with E-state index in [4.69, 9.17) is 9.84 Å². The predicted octanol–water partition coefficient (Wildman–Crippen LogP) is 0.403. The Kier molecular flexibility index (Phi) is 2.13. The van der Waals surface area contributed by atoms with Gasteiger partial charge >= 0.3 is 0 Å². The van der Waals surface area contributed by atoms with Gasteiger partial charge in [0, 0.05) is 7.05 Å². The molecular formula is C10H11NO3. The van der Waals surface area contributed by atoms with Gasteiger partial charge in [0.05, 0.1) is 12.3 Å². The molecule has 4 nitrogen and oxygen atoms in total. The Morgan fingerprint density at radius 1 is 1.50 bits per heavy atom. The Bertz CT molecular complexity index is 364. The van der Waals surface area contributed by atoms with E-state index in [2.05, 4.69) is 0 Å². The molecule has 0 saturated carbocycles. The van der Waals surface area contributed by atoms with Crippen molar-refractivity contribution in [1.82, 2.24) is 0 Å². The number of rotatable bonds is 1. The number of hydrogen-bond acceptors (Lipinski definition) is 3. The number of fused-ring (bicyclic) bond motifs is 1. The first-order valence-corrected chi connectivity index (χ1v) is 4.38. The predicted molar refractivity (Wildman–Crippen MR) is 51.4 cm³/mol. The normalized spacial score (nSPS) is 20.3. The Labute approximate surface area is 81.7 Å². The van der Waals surface area contributed by atoms with Crippen LogP contribution in [0.1, 0.15) is 0 Å². The second-order valence-electron chi connectivity index (χ2n) is 3.15. The molecule has 1 amide bonds. The van der Waals surface area contributed by atoms with Gasteiger partial charge in [-0.15, -0.1) is 0 Å². The molecule has 0 radical (unpaired) electrons. The second-order valence-corrected chi connectivity index (χ2v) is 3.15. The molecule has 14 heavy (non-hydrogen) atoms. The maximum absolute atomic E-state index is 11.6. The summed E-state index contributed by atoms with van der Waals surface area (Å²) >= 11 is 0. The number of nitrogens with zero attached hydrogens (tertiary/aromatic N) is 1. The fourth-order valence-corrected chi connectivity index (χ4v) is 1.49. The lowest BCUT2D eigenvalue weighted by Gasteiger charge is -2.30. The van der Waals surface area contributed by atoms with E-state index in [-0.39, 0.29) is 12.5 Å². The van der Waals surface area contributed by atoms with E-state index in [0.29, 0.717) is 5.75 Å². The van der Waals surface area contributed by atoms with Gasteiger partial charge in [-0.3, -0.25) is 4.79 Å². The van der Waals surface area contributed by atoms with Crippen LogP contribution in [0, 0.1) is 0 Å². The van der Waals surface area contributed by atoms with Crippen molar-refractivity contribution in [3.05, 3.63) is 24.3 Å². The van der Waals surface area contributed by atoms with Crippen LogP contribution in [-0.4, -0.2) is 30.8 Å². The number of anilines is 1. The van der Waals surface area contributed by atoms with Gasteiger partial charge in [-0.05, 0) is 12.1 Å². The van der Waals surface area contributed by atoms with Crippen LogP contribution < -0.4 is 9.64 Å². The van der Waals surface area contributed by atoms with Gasteiger partial charge in [-0.2, -0.15) is 0 Å². The smallest absolute Gasteiger partial charge is 0.270 e. The number of likely N-dealkylation sites (N-methyl/N-ethyl adjacent to an activating group) is 1. The van der Waals surface area contributed by atoms with E-state index in [9.17, 15) is 4.79 Å². The zero-order valence-corrected chi connectivity index (χ0v) is 7.80.